The van der Waals surface area contributed by atoms with Crippen LogP contribution in [0.25, 0.3) is 11.0 Å². The third-order valence-electron chi connectivity index (χ3n) is 6.70. The second kappa shape index (κ2) is 11.4. The number of rotatable bonds is 10. The van der Waals surface area contributed by atoms with Gasteiger partial charge in [0.1, 0.15) is 11.6 Å². The lowest BCUT2D eigenvalue weighted by molar-refractivity contribution is -0.125. The molecule has 0 bridgehead atoms. The third-order valence-corrected chi connectivity index (χ3v) is 6.70. The van der Waals surface area contributed by atoms with Crippen molar-refractivity contribution >= 4 is 16.9 Å². The van der Waals surface area contributed by atoms with Crippen LogP contribution in [0.2, 0.25) is 0 Å². The molecule has 4 rings (SSSR count). The zero-order valence-electron chi connectivity index (χ0n) is 20.1. The SMILES string of the molecule is CC(C)c1ccc(OCCCn2c(CCNC(=O)C3CCCCC3)nc3ccccc32)cc1. The van der Waals surface area contributed by atoms with Crippen LogP contribution in [-0.2, 0) is 17.8 Å². The molecule has 5 nitrogen and oxygen atoms in total. The van der Waals surface area contributed by atoms with E-state index < -0.39 is 0 Å². The topological polar surface area (TPSA) is 56.1 Å². The molecule has 5 heteroatoms. The molecule has 2 aromatic carbocycles. The molecule has 0 atom stereocenters. The zero-order valence-corrected chi connectivity index (χ0v) is 20.1. The molecular weight excluding hydrogens is 410 g/mol. The van der Waals surface area contributed by atoms with Gasteiger partial charge in [-0.05, 0) is 55.0 Å². The highest BCUT2D eigenvalue weighted by molar-refractivity contribution is 5.78. The highest BCUT2D eigenvalue weighted by atomic mass is 16.5. The van der Waals surface area contributed by atoms with Gasteiger partial charge in [0.15, 0.2) is 0 Å². The van der Waals surface area contributed by atoms with E-state index >= 15 is 0 Å². The number of carbonyl (C=O) groups is 1. The number of aromatic nitrogens is 2. The van der Waals surface area contributed by atoms with E-state index in [1.54, 1.807) is 0 Å². The molecule has 33 heavy (non-hydrogen) atoms. The summed E-state index contributed by atoms with van der Waals surface area (Å²) in [6, 6.07) is 16.7. The first-order chi connectivity index (χ1) is 16.1. The van der Waals surface area contributed by atoms with Crippen LogP contribution in [0.1, 0.15) is 69.7 Å². The first kappa shape index (κ1) is 23.3. The Labute approximate surface area is 197 Å². The predicted molar refractivity (Wildman–Crippen MR) is 134 cm³/mol. The molecule has 176 valence electrons. The predicted octanol–water partition coefficient (Wildman–Crippen LogP) is 5.87. The molecule has 1 N–H and O–H groups in total. The van der Waals surface area contributed by atoms with Crippen molar-refractivity contribution in [2.45, 2.75) is 71.3 Å². The third kappa shape index (κ3) is 6.16. The van der Waals surface area contributed by atoms with Crippen molar-refractivity contribution in [3.8, 4) is 5.75 Å². The normalized spacial score (nSPS) is 14.6. The van der Waals surface area contributed by atoms with E-state index in [2.05, 4.69) is 66.2 Å². The molecule has 1 aromatic heterocycles. The van der Waals surface area contributed by atoms with Gasteiger partial charge in [0.25, 0.3) is 0 Å². The molecular formula is C28H37N3O2. The van der Waals surface area contributed by atoms with Crippen LogP contribution in [0.5, 0.6) is 5.75 Å². The van der Waals surface area contributed by atoms with Crippen molar-refractivity contribution < 1.29 is 9.53 Å². The number of ether oxygens (including phenoxy) is 1. The molecule has 1 aliphatic rings. The van der Waals surface area contributed by atoms with Gasteiger partial charge in [0, 0.05) is 25.4 Å². The van der Waals surface area contributed by atoms with Crippen molar-refractivity contribution in [1.82, 2.24) is 14.9 Å². The summed E-state index contributed by atoms with van der Waals surface area (Å²) in [6.07, 6.45) is 7.32. The Morgan fingerprint density at radius 1 is 1.09 bits per heavy atom. The van der Waals surface area contributed by atoms with Crippen LogP contribution in [0.15, 0.2) is 48.5 Å². The van der Waals surface area contributed by atoms with Gasteiger partial charge in [-0.25, -0.2) is 4.98 Å². The molecule has 0 unspecified atom stereocenters. The minimum atomic E-state index is 0.198. The van der Waals surface area contributed by atoms with Gasteiger partial charge in [-0.2, -0.15) is 0 Å². The van der Waals surface area contributed by atoms with Crippen molar-refractivity contribution in [2.75, 3.05) is 13.2 Å². The van der Waals surface area contributed by atoms with Gasteiger partial charge in [-0.3, -0.25) is 4.79 Å². The summed E-state index contributed by atoms with van der Waals surface area (Å²) in [5, 5.41) is 3.16. The number of nitrogens with one attached hydrogen (secondary N) is 1. The van der Waals surface area contributed by atoms with E-state index in [1.807, 2.05) is 6.07 Å². The fourth-order valence-electron chi connectivity index (χ4n) is 4.73. The second-order valence-electron chi connectivity index (χ2n) is 9.47. The highest BCUT2D eigenvalue weighted by Gasteiger charge is 2.20. The standard InChI is InChI=1S/C28H37N3O2/c1-21(2)22-13-15-24(16-14-22)33-20-8-19-31-26-12-7-6-11-25(26)30-27(31)17-18-29-28(32)23-9-4-3-5-10-23/h6-7,11-16,21,23H,3-5,8-10,17-20H2,1-2H3,(H,29,32). The van der Waals surface area contributed by atoms with E-state index in [1.165, 1.54) is 24.8 Å². The van der Waals surface area contributed by atoms with Crippen LogP contribution in [0.3, 0.4) is 0 Å². The number of aryl methyl sites for hydroxylation is 1. The van der Waals surface area contributed by atoms with E-state index in [0.717, 1.165) is 54.8 Å². The van der Waals surface area contributed by atoms with Crippen molar-refractivity contribution in [3.05, 3.63) is 59.9 Å². The summed E-state index contributed by atoms with van der Waals surface area (Å²) in [6.45, 7) is 6.54. The monoisotopic (exact) mass is 447 g/mol. The fraction of sp³-hybridized carbons (Fsp3) is 0.500. The summed E-state index contributed by atoms with van der Waals surface area (Å²) in [5.74, 6) is 2.89. The molecule has 1 heterocycles. The van der Waals surface area contributed by atoms with E-state index in [4.69, 9.17) is 9.72 Å². The first-order valence-corrected chi connectivity index (χ1v) is 12.6. The quantitative estimate of drug-likeness (QED) is 0.396. The summed E-state index contributed by atoms with van der Waals surface area (Å²) in [5.41, 5.74) is 3.48. The van der Waals surface area contributed by atoms with Crippen LogP contribution in [-0.4, -0.2) is 28.6 Å². The molecule has 1 amide bonds. The summed E-state index contributed by atoms with van der Waals surface area (Å²) in [4.78, 5) is 17.4. The molecule has 3 aromatic rings. The van der Waals surface area contributed by atoms with E-state index in [9.17, 15) is 4.79 Å². The van der Waals surface area contributed by atoms with Crippen LogP contribution in [0, 0.1) is 5.92 Å². The van der Waals surface area contributed by atoms with Gasteiger partial charge in [0.05, 0.1) is 17.6 Å². The Balaban J connectivity index is 1.32. The number of benzene rings is 2. The summed E-state index contributed by atoms with van der Waals surface area (Å²) in [7, 11) is 0. The number of hydrogen-bond donors (Lipinski definition) is 1. The van der Waals surface area contributed by atoms with Gasteiger partial charge < -0.3 is 14.6 Å². The first-order valence-electron chi connectivity index (χ1n) is 12.6. The minimum Gasteiger partial charge on any atom is -0.494 e. The Bertz CT molecular complexity index is 1030. The summed E-state index contributed by atoms with van der Waals surface area (Å²) >= 11 is 0. The second-order valence-corrected chi connectivity index (χ2v) is 9.47. The molecule has 0 radical (unpaired) electrons. The minimum absolute atomic E-state index is 0.198. The molecule has 0 aliphatic heterocycles. The molecule has 0 spiro atoms. The number of para-hydroxylation sites is 2. The Morgan fingerprint density at radius 3 is 2.61 bits per heavy atom. The Morgan fingerprint density at radius 2 is 1.85 bits per heavy atom. The molecule has 1 aliphatic carbocycles. The Hall–Kier alpha value is -2.82. The number of hydrogen-bond acceptors (Lipinski definition) is 3. The zero-order chi connectivity index (χ0) is 23.0. The summed E-state index contributed by atoms with van der Waals surface area (Å²) < 4.78 is 8.27. The van der Waals surface area contributed by atoms with Crippen LogP contribution >= 0.6 is 0 Å². The average Bonchev–Trinajstić information content (AvgIpc) is 3.20. The maximum atomic E-state index is 12.5. The number of carbonyl (C=O) groups excluding carboxylic acids is 1. The lowest BCUT2D eigenvalue weighted by Crippen LogP contribution is -2.33. The highest BCUT2D eigenvalue weighted by Crippen LogP contribution is 2.24. The van der Waals surface area contributed by atoms with Gasteiger partial charge in [-0.1, -0.05) is 57.4 Å². The largest absolute Gasteiger partial charge is 0.494 e. The van der Waals surface area contributed by atoms with Gasteiger partial charge >= 0.3 is 0 Å². The van der Waals surface area contributed by atoms with Crippen molar-refractivity contribution in [1.29, 1.82) is 0 Å². The molecule has 1 saturated carbocycles. The lowest BCUT2D eigenvalue weighted by atomic mass is 9.89. The van der Waals surface area contributed by atoms with Crippen LogP contribution in [0.4, 0.5) is 0 Å². The number of fused-ring (bicyclic) bond motifs is 1. The Kier molecular flexibility index (Phi) is 8.03. The maximum Gasteiger partial charge on any atom is 0.223 e. The fourth-order valence-corrected chi connectivity index (χ4v) is 4.73. The van der Waals surface area contributed by atoms with E-state index in [-0.39, 0.29) is 11.8 Å². The smallest absolute Gasteiger partial charge is 0.223 e. The number of nitrogens with zero attached hydrogens (tertiary/aromatic N) is 2. The number of amides is 1. The number of imidazole rings is 1. The molecule has 0 saturated heterocycles. The van der Waals surface area contributed by atoms with Crippen molar-refractivity contribution in [2.24, 2.45) is 5.92 Å². The van der Waals surface area contributed by atoms with Crippen LogP contribution < -0.4 is 10.1 Å². The lowest BCUT2D eigenvalue weighted by Gasteiger charge is -2.20. The van der Waals surface area contributed by atoms with Gasteiger partial charge in [-0.15, -0.1) is 0 Å². The van der Waals surface area contributed by atoms with Crippen molar-refractivity contribution in [3.63, 3.8) is 0 Å². The molecule has 1 fully saturated rings. The van der Waals surface area contributed by atoms with E-state index in [0.29, 0.717) is 19.1 Å². The average molecular weight is 448 g/mol. The van der Waals surface area contributed by atoms with Gasteiger partial charge in [0.2, 0.25) is 5.91 Å². The maximum absolute atomic E-state index is 12.5.